The maximum absolute atomic E-state index is 12.4. The van der Waals surface area contributed by atoms with Crippen LogP contribution in [0.1, 0.15) is 19.3 Å². The Morgan fingerprint density at radius 2 is 1.58 bits per heavy atom. The van der Waals surface area contributed by atoms with Gasteiger partial charge in [0.25, 0.3) is 0 Å². The topological polar surface area (TPSA) is 75.7 Å². The third-order valence-corrected chi connectivity index (χ3v) is 2.95. The fourth-order valence-electron chi connectivity index (χ4n) is 1.71. The van der Waals surface area contributed by atoms with Gasteiger partial charge in [-0.3, -0.25) is 9.59 Å². The Labute approximate surface area is 133 Å². The van der Waals surface area contributed by atoms with E-state index in [4.69, 9.17) is 0 Å². The number of hydrogen-bond acceptors (Lipinski definition) is 4. The quantitative estimate of drug-likeness (QED) is 0.420. The van der Waals surface area contributed by atoms with Crippen LogP contribution < -0.4 is 5.32 Å². The summed E-state index contributed by atoms with van der Waals surface area (Å²) in [5.74, 6) is -5.48. The molecule has 1 unspecified atom stereocenters. The van der Waals surface area contributed by atoms with Crippen LogP contribution in [0, 0.1) is 0 Å². The van der Waals surface area contributed by atoms with Crippen LogP contribution in [0.15, 0.2) is 0 Å². The number of alkyl halides is 6. The molecule has 0 fully saturated rings. The molecule has 0 bridgehead atoms. The molecular formula is C12H16F6N2O4. The highest BCUT2D eigenvalue weighted by atomic mass is 19.4. The molecule has 0 rings (SSSR count). The summed E-state index contributed by atoms with van der Waals surface area (Å²) >= 11 is 0. The molecule has 0 saturated heterocycles. The van der Waals surface area contributed by atoms with Gasteiger partial charge in [-0.15, -0.1) is 0 Å². The molecule has 24 heavy (non-hydrogen) atoms. The molecule has 0 aromatic heterocycles. The van der Waals surface area contributed by atoms with Gasteiger partial charge in [0.1, 0.15) is 6.04 Å². The molecule has 1 N–H and O–H groups in total. The van der Waals surface area contributed by atoms with Crippen molar-refractivity contribution in [1.29, 1.82) is 0 Å². The number of methoxy groups -OCH3 is 1. The minimum absolute atomic E-state index is 0.0205. The SMILES string of the molecule is COC(=O)C(CCCCNC(=O)C(F)(F)F)N(C)C(=O)C(F)(F)F. The van der Waals surface area contributed by atoms with Crippen LogP contribution in [0.4, 0.5) is 26.3 Å². The normalized spacial score (nSPS) is 13.2. The molecule has 1 atom stereocenters. The van der Waals surface area contributed by atoms with E-state index in [1.54, 1.807) is 5.32 Å². The smallest absolute Gasteiger partial charge is 0.467 e. The predicted octanol–water partition coefficient (Wildman–Crippen LogP) is 1.40. The second kappa shape index (κ2) is 8.73. The van der Waals surface area contributed by atoms with Crippen molar-refractivity contribution < 1.29 is 45.5 Å². The van der Waals surface area contributed by atoms with Gasteiger partial charge >= 0.3 is 30.1 Å². The van der Waals surface area contributed by atoms with E-state index < -0.39 is 36.2 Å². The molecule has 0 aliphatic rings. The van der Waals surface area contributed by atoms with Crippen molar-refractivity contribution >= 4 is 17.8 Å². The number of ether oxygens (including phenoxy) is 1. The van der Waals surface area contributed by atoms with E-state index in [9.17, 15) is 40.7 Å². The van der Waals surface area contributed by atoms with Crippen molar-refractivity contribution in [2.45, 2.75) is 37.7 Å². The van der Waals surface area contributed by atoms with Crippen LogP contribution in [-0.4, -0.2) is 61.8 Å². The fourth-order valence-corrected chi connectivity index (χ4v) is 1.71. The minimum atomic E-state index is -5.18. The van der Waals surface area contributed by atoms with Gasteiger partial charge in [0.2, 0.25) is 0 Å². The standard InChI is InChI=1S/C12H16F6N2O4/c1-20(10(23)12(16,17)18)7(8(21)24-2)5-3-4-6-19-9(22)11(13,14)15/h7H,3-6H2,1-2H3,(H,19,22). The number of nitrogens with zero attached hydrogens (tertiary/aromatic N) is 1. The molecule has 0 spiro atoms. The summed E-state index contributed by atoms with van der Waals surface area (Å²) in [7, 11) is 1.69. The van der Waals surface area contributed by atoms with Crippen LogP contribution in [0.3, 0.4) is 0 Å². The Bertz CT molecular complexity index is 463. The van der Waals surface area contributed by atoms with Gasteiger partial charge in [-0.2, -0.15) is 26.3 Å². The molecular weight excluding hydrogens is 350 g/mol. The number of unbranched alkanes of at least 4 members (excludes halogenated alkanes) is 1. The van der Waals surface area contributed by atoms with Crippen LogP contribution in [-0.2, 0) is 19.1 Å². The Morgan fingerprint density at radius 3 is 2.00 bits per heavy atom. The van der Waals surface area contributed by atoms with Crippen molar-refractivity contribution in [3.05, 3.63) is 0 Å². The number of carbonyl (C=O) groups is 3. The summed E-state index contributed by atoms with van der Waals surface area (Å²) in [5, 5.41) is 1.58. The molecule has 0 saturated carbocycles. The average molecular weight is 366 g/mol. The van der Waals surface area contributed by atoms with Crippen LogP contribution in [0.5, 0.6) is 0 Å². The lowest BCUT2D eigenvalue weighted by molar-refractivity contribution is -0.188. The molecule has 6 nitrogen and oxygen atoms in total. The van der Waals surface area contributed by atoms with Crippen LogP contribution in [0.25, 0.3) is 0 Å². The molecule has 0 heterocycles. The molecule has 0 aromatic carbocycles. The van der Waals surface area contributed by atoms with Gasteiger partial charge < -0.3 is 15.0 Å². The average Bonchev–Trinajstić information content (AvgIpc) is 2.46. The number of hydrogen-bond donors (Lipinski definition) is 1. The van der Waals surface area contributed by atoms with Crippen molar-refractivity contribution in [3.63, 3.8) is 0 Å². The lowest BCUT2D eigenvalue weighted by Crippen LogP contribution is -2.48. The highest BCUT2D eigenvalue weighted by Crippen LogP contribution is 2.21. The Hall–Kier alpha value is -2.01. The first-order valence-electron chi connectivity index (χ1n) is 6.59. The van der Waals surface area contributed by atoms with Crippen molar-refractivity contribution in [1.82, 2.24) is 10.2 Å². The maximum atomic E-state index is 12.4. The number of halogens is 6. The van der Waals surface area contributed by atoms with Gasteiger partial charge in [0.05, 0.1) is 7.11 Å². The first-order chi connectivity index (χ1) is 10.8. The summed E-state index contributed by atoms with van der Waals surface area (Å²) in [6.07, 6.45) is -10.5. The molecule has 0 radical (unpaired) electrons. The van der Waals surface area contributed by atoms with E-state index in [-0.39, 0.29) is 30.7 Å². The van der Waals surface area contributed by atoms with Crippen LogP contribution >= 0.6 is 0 Å². The van der Waals surface area contributed by atoms with E-state index >= 15 is 0 Å². The molecule has 2 amide bonds. The third kappa shape index (κ3) is 7.04. The van der Waals surface area contributed by atoms with E-state index in [0.29, 0.717) is 0 Å². The fraction of sp³-hybridized carbons (Fsp3) is 0.750. The van der Waals surface area contributed by atoms with E-state index in [1.807, 2.05) is 0 Å². The number of esters is 1. The zero-order valence-corrected chi connectivity index (χ0v) is 12.8. The van der Waals surface area contributed by atoms with E-state index in [1.165, 1.54) is 0 Å². The molecule has 0 aliphatic carbocycles. The first kappa shape index (κ1) is 22.0. The van der Waals surface area contributed by atoms with Crippen molar-refractivity contribution in [3.8, 4) is 0 Å². The lowest BCUT2D eigenvalue weighted by Gasteiger charge is -2.26. The Morgan fingerprint density at radius 1 is 1.04 bits per heavy atom. The van der Waals surface area contributed by atoms with E-state index in [2.05, 4.69) is 4.74 Å². The molecule has 140 valence electrons. The number of likely N-dealkylation sites (N-methyl/N-ethyl adjacent to an activating group) is 1. The van der Waals surface area contributed by atoms with Crippen molar-refractivity contribution in [2.24, 2.45) is 0 Å². The Balaban J connectivity index is 4.54. The summed E-state index contributed by atoms with van der Waals surface area (Å²) in [6, 6.07) is -1.54. The van der Waals surface area contributed by atoms with Gasteiger partial charge in [-0.25, -0.2) is 4.79 Å². The number of rotatable bonds is 7. The third-order valence-electron chi connectivity index (χ3n) is 2.95. The number of carbonyl (C=O) groups excluding carboxylic acids is 3. The second-order valence-electron chi connectivity index (χ2n) is 4.70. The highest BCUT2D eigenvalue weighted by molar-refractivity contribution is 5.87. The maximum Gasteiger partial charge on any atom is 0.471 e. The molecule has 12 heteroatoms. The van der Waals surface area contributed by atoms with Gasteiger partial charge in [-0.1, -0.05) is 0 Å². The zero-order valence-electron chi connectivity index (χ0n) is 12.8. The zero-order chi connectivity index (χ0) is 19.1. The molecule has 0 aliphatic heterocycles. The summed E-state index contributed by atoms with van der Waals surface area (Å²) < 4.78 is 77.2. The number of amides is 2. The predicted molar refractivity (Wildman–Crippen MR) is 67.5 cm³/mol. The van der Waals surface area contributed by atoms with Gasteiger partial charge in [0, 0.05) is 13.6 Å². The molecule has 0 aromatic rings. The number of nitrogens with one attached hydrogen (secondary N) is 1. The van der Waals surface area contributed by atoms with Crippen LogP contribution in [0.2, 0.25) is 0 Å². The second-order valence-corrected chi connectivity index (χ2v) is 4.70. The lowest BCUT2D eigenvalue weighted by atomic mass is 10.1. The van der Waals surface area contributed by atoms with E-state index in [0.717, 1.165) is 14.2 Å². The monoisotopic (exact) mass is 366 g/mol. The van der Waals surface area contributed by atoms with Gasteiger partial charge in [-0.05, 0) is 19.3 Å². The Kier molecular flexibility index (Phi) is 8.00. The summed E-state index contributed by atoms with van der Waals surface area (Å²) in [6.45, 7) is -0.386. The summed E-state index contributed by atoms with van der Waals surface area (Å²) in [4.78, 5) is 33.3. The van der Waals surface area contributed by atoms with Gasteiger partial charge in [0.15, 0.2) is 0 Å². The minimum Gasteiger partial charge on any atom is -0.467 e. The highest BCUT2D eigenvalue weighted by Gasteiger charge is 2.44. The van der Waals surface area contributed by atoms with Crippen molar-refractivity contribution in [2.75, 3.05) is 20.7 Å². The largest absolute Gasteiger partial charge is 0.471 e. The summed E-state index contributed by atoms with van der Waals surface area (Å²) in [5.41, 5.74) is 0. The first-order valence-corrected chi connectivity index (χ1v) is 6.59.